The van der Waals surface area contributed by atoms with Crippen LogP contribution in [0.25, 0.3) is 0 Å². The summed E-state index contributed by atoms with van der Waals surface area (Å²) in [5, 5.41) is 0. The Morgan fingerprint density at radius 1 is 1.53 bits per heavy atom. The van der Waals surface area contributed by atoms with E-state index in [0.29, 0.717) is 12.3 Å². The normalized spacial score (nSPS) is 55.0. The molecule has 0 spiro atoms. The predicted molar refractivity (Wildman–Crippen MR) is 57.2 cm³/mol. The molecule has 2 bridgehead atoms. The minimum atomic E-state index is -1.16. The highest BCUT2D eigenvalue weighted by Crippen LogP contribution is 2.71. The molecule has 0 aliphatic heterocycles. The Morgan fingerprint density at radius 3 is 2.87 bits per heavy atom. The van der Waals surface area contributed by atoms with Gasteiger partial charge in [0.2, 0.25) is 0 Å². The van der Waals surface area contributed by atoms with Gasteiger partial charge in [0, 0.05) is 15.6 Å². The standard InChI is InChI=1S/C13H20O2/c1-8(14)15-13-5-4-9-6-10(7-13)12(2,3)11(9)13/h9-11H,4-7H2,1-3H3/t9-,10-,11-,13-/m1/s1/i4D2. The van der Waals surface area contributed by atoms with Crippen LogP contribution in [0.3, 0.4) is 0 Å². The van der Waals surface area contributed by atoms with Gasteiger partial charge in [-0.2, -0.15) is 0 Å². The maximum Gasteiger partial charge on any atom is 0.303 e. The zero-order chi connectivity index (χ0) is 12.6. The van der Waals surface area contributed by atoms with Gasteiger partial charge in [0.1, 0.15) is 5.60 Å². The summed E-state index contributed by atoms with van der Waals surface area (Å²) >= 11 is 0. The Hall–Kier alpha value is -0.530. The zero-order valence-electron chi connectivity index (χ0n) is 11.7. The van der Waals surface area contributed by atoms with E-state index in [4.69, 9.17) is 7.48 Å². The van der Waals surface area contributed by atoms with Crippen LogP contribution in [0.5, 0.6) is 0 Å². The van der Waals surface area contributed by atoms with Crippen LogP contribution >= 0.6 is 0 Å². The van der Waals surface area contributed by atoms with Gasteiger partial charge >= 0.3 is 5.97 Å². The number of ether oxygens (including phenoxy) is 1. The van der Waals surface area contributed by atoms with Crippen LogP contribution in [0.1, 0.15) is 49.1 Å². The first-order valence-electron chi connectivity index (χ1n) is 6.89. The van der Waals surface area contributed by atoms with Crippen molar-refractivity contribution in [2.45, 2.75) is 52.0 Å². The van der Waals surface area contributed by atoms with Gasteiger partial charge in [-0.25, -0.2) is 0 Å². The highest BCUT2D eigenvalue weighted by molar-refractivity contribution is 5.66. The first kappa shape index (κ1) is 7.70. The van der Waals surface area contributed by atoms with Crippen molar-refractivity contribution in [3.05, 3.63) is 0 Å². The number of carbonyl (C=O) groups is 1. The Balaban J connectivity index is 2.05. The van der Waals surface area contributed by atoms with E-state index in [9.17, 15) is 4.79 Å². The summed E-state index contributed by atoms with van der Waals surface area (Å²) in [6, 6.07) is 0. The molecule has 0 heterocycles. The van der Waals surface area contributed by atoms with Gasteiger partial charge in [0.05, 0.1) is 0 Å². The Bertz CT molecular complexity index is 391. The van der Waals surface area contributed by atoms with Crippen molar-refractivity contribution < 1.29 is 12.3 Å². The third-order valence-corrected chi connectivity index (χ3v) is 4.96. The fourth-order valence-electron chi connectivity index (χ4n) is 4.57. The van der Waals surface area contributed by atoms with E-state index in [1.807, 2.05) is 0 Å². The molecule has 2 nitrogen and oxygen atoms in total. The van der Waals surface area contributed by atoms with Crippen molar-refractivity contribution in [3.8, 4) is 0 Å². The van der Waals surface area contributed by atoms with Crippen LogP contribution in [-0.4, -0.2) is 11.6 Å². The van der Waals surface area contributed by atoms with Gasteiger partial charge in [-0.3, -0.25) is 4.79 Å². The van der Waals surface area contributed by atoms with E-state index < -0.39 is 12.0 Å². The summed E-state index contributed by atoms with van der Waals surface area (Å²) in [4.78, 5) is 11.3. The van der Waals surface area contributed by atoms with Gasteiger partial charge in [-0.15, -0.1) is 0 Å². The smallest absolute Gasteiger partial charge is 0.303 e. The zero-order valence-corrected chi connectivity index (χ0v) is 9.67. The highest BCUT2D eigenvalue weighted by Gasteiger charge is 2.69. The quantitative estimate of drug-likeness (QED) is 0.622. The van der Waals surface area contributed by atoms with Crippen molar-refractivity contribution in [2.75, 3.05) is 0 Å². The monoisotopic (exact) mass is 210 g/mol. The molecule has 3 aliphatic rings. The molecule has 0 aromatic heterocycles. The molecule has 3 aliphatic carbocycles. The van der Waals surface area contributed by atoms with Gasteiger partial charge in [0.15, 0.2) is 0 Å². The third kappa shape index (κ3) is 1.03. The second-order valence-corrected chi connectivity index (χ2v) is 6.08. The Labute approximate surface area is 94.2 Å². The van der Waals surface area contributed by atoms with Crippen LogP contribution < -0.4 is 0 Å². The molecule has 0 amide bonds. The molecule has 15 heavy (non-hydrogen) atoms. The SMILES string of the molecule is [2H]C1([2H])C[C@@]2(OC(C)=O)C[C@H]3C[C@@H]1[C@@H]2C3(C)C. The van der Waals surface area contributed by atoms with Crippen molar-refractivity contribution in [2.24, 2.45) is 23.2 Å². The highest BCUT2D eigenvalue weighted by atomic mass is 16.6. The van der Waals surface area contributed by atoms with Gasteiger partial charge in [-0.1, -0.05) is 13.8 Å². The van der Waals surface area contributed by atoms with Crippen LogP contribution in [0, 0.1) is 23.2 Å². The average molecular weight is 210 g/mol. The first-order valence-corrected chi connectivity index (χ1v) is 5.89. The van der Waals surface area contributed by atoms with Gasteiger partial charge < -0.3 is 4.74 Å². The molecular formula is C13H20O2. The van der Waals surface area contributed by atoms with Crippen LogP contribution in [0.4, 0.5) is 0 Å². The summed E-state index contributed by atoms with van der Waals surface area (Å²) in [5.41, 5.74) is -0.392. The second-order valence-electron chi connectivity index (χ2n) is 6.08. The van der Waals surface area contributed by atoms with Crippen LogP contribution in [0.15, 0.2) is 0 Å². The van der Waals surface area contributed by atoms with E-state index >= 15 is 0 Å². The Morgan fingerprint density at radius 2 is 2.27 bits per heavy atom. The molecule has 0 saturated heterocycles. The van der Waals surface area contributed by atoms with Gasteiger partial charge in [0.25, 0.3) is 0 Å². The molecule has 2 heteroatoms. The molecule has 0 aromatic rings. The third-order valence-electron chi connectivity index (χ3n) is 4.96. The summed E-state index contributed by atoms with van der Waals surface area (Å²) in [6.45, 7) is 5.88. The maximum absolute atomic E-state index is 11.3. The van der Waals surface area contributed by atoms with Crippen molar-refractivity contribution in [1.82, 2.24) is 0 Å². The molecule has 0 unspecified atom stereocenters. The molecule has 3 fully saturated rings. The number of carbonyl (C=O) groups excluding carboxylic acids is 1. The molecule has 0 aromatic carbocycles. The molecule has 3 saturated carbocycles. The van der Waals surface area contributed by atoms with Gasteiger partial charge in [-0.05, 0) is 42.9 Å². The van der Waals surface area contributed by atoms with Crippen molar-refractivity contribution in [3.63, 3.8) is 0 Å². The summed E-state index contributed by atoms with van der Waals surface area (Å²) < 4.78 is 22.0. The topological polar surface area (TPSA) is 26.3 Å². The largest absolute Gasteiger partial charge is 0.459 e. The molecule has 4 atom stereocenters. The molecule has 3 rings (SSSR count). The number of hydrogen-bond acceptors (Lipinski definition) is 2. The lowest BCUT2D eigenvalue weighted by Gasteiger charge is -2.35. The summed E-state index contributed by atoms with van der Waals surface area (Å²) in [6.07, 6.45) is 1.06. The number of esters is 1. The number of fused-ring (bicyclic) bond motifs is 1. The van der Waals surface area contributed by atoms with Crippen molar-refractivity contribution in [1.29, 1.82) is 0 Å². The van der Waals surface area contributed by atoms with E-state index in [0.717, 1.165) is 12.8 Å². The second kappa shape index (κ2) is 2.58. The molecule has 84 valence electrons. The van der Waals surface area contributed by atoms with E-state index in [1.165, 1.54) is 6.92 Å². The fourth-order valence-corrected chi connectivity index (χ4v) is 4.57. The summed E-state index contributed by atoms with van der Waals surface area (Å²) in [5.74, 6) is 0.536. The number of rotatable bonds is 1. The van der Waals surface area contributed by atoms with E-state index in [2.05, 4.69) is 13.8 Å². The predicted octanol–water partition coefficient (Wildman–Crippen LogP) is 2.76. The fraction of sp³-hybridized carbons (Fsp3) is 0.923. The van der Waals surface area contributed by atoms with E-state index in [1.54, 1.807) is 0 Å². The van der Waals surface area contributed by atoms with Crippen LogP contribution in [0.2, 0.25) is 0 Å². The lowest BCUT2D eigenvalue weighted by molar-refractivity contribution is -0.162. The minimum Gasteiger partial charge on any atom is -0.459 e. The van der Waals surface area contributed by atoms with Crippen molar-refractivity contribution >= 4 is 5.97 Å². The Kier molecular flexibility index (Phi) is 1.33. The molecule has 0 N–H and O–H groups in total. The van der Waals surface area contributed by atoms with E-state index in [-0.39, 0.29) is 23.2 Å². The molecule has 0 radical (unpaired) electrons. The lowest BCUT2D eigenvalue weighted by atomic mass is 9.78. The lowest BCUT2D eigenvalue weighted by Crippen LogP contribution is -2.39. The maximum atomic E-state index is 11.3. The summed E-state index contributed by atoms with van der Waals surface area (Å²) in [7, 11) is 0. The first-order chi connectivity index (χ1) is 7.69. The average Bonchev–Trinajstić information content (AvgIpc) is 2.52. The minimum absolute atomic E-state index is 0.0793. The molecular weight excluding hydrogens is 188 g/mol. The number of hydrogen-bond donors (Lipinski definition) is 0. The van der Waals surface area contributed by atoms with Crippen LogP contribution in [-0.2, 0) is 9.53 Å².